The second-order valence-corrected chi connectivity index (χ2v) is 7.62. The highest BCUT2D eigenvalue weighted by atomic mass is 19.4. The van der Waals surface area contributed by atoms with Gasteiger partial charge >= 0.3 is 6.18 Å². The van der Waals surface area contributed by atoms with Crippen LogP contribution < -0.4 is 0 Å². The minimum Gasteiger partial charge on any atom is -0.334 e. The lowest BCUT2D eigenvalue weighted by Gasteiger charge is -2.35. The number of aryl methyl sites for hydroxylation is 1. The van der Waals surface area contributed by atoms with Crippen molar-refractivity contribution >= 4 is 17.4 Å². The minimum absolute atomic E-state index is 0.0304. The van der Waals surface area contributed by atoms with Gasteiger partial charge < -0.3 is 9.42 Å². The number of aromatic nitrogens is 3. The molecular weight excluding hydrogens is 442 g/mol. The molecule has 4 rings (SSSR count). The lowest BCUT2D eigenvalue weighted by atomic mass is 9.98. The van der Waals surface area contributed by atoms with Crippen LogP contribution in [0.4, 0.5) is 23.4 Å². The molecule has 33 heavy (non-hydrogen) atoms. The largest absolute Gasteiger partial charge is 0.417 e. The van der Waals surface area contributed by atoms with Crippen LogP contribution in [0.25, 0.3) is 11.5 Å². The monoisotopic (exact) mass is 461 g/mol. The average Bonchev–Trinajstić information content (AvgIpc) is 3.21. The van der Waals surface area contributed by atoms with Gasteiger partial charge in [-0.05, 0) is 57.0 Å². The molecule has 2 aromatic heterocycles. The van der Waals surface area contributed by atoms with Gasteiger partial charge in [-0.15, -0.1) is 0 Å². The molecule has 1 aliphatic rings. The Morgan fingerprint density at radius 1 is 1.24 bits per heavy atom. The molecule has 3 aromatic rings. The molecule has 1 aliphatic heterocycles. The fraction of sp³-hybridized carbons (Fsp3) is 0.318. The number of carbonyl (C=O) groups is 1. The Morgan fingerprint density at radius 2 is 2.03 bits per heavy atom. The van der Waals surface area contributed by atoms with Gasteiger partial charge in [0.1, 0.15) is 5.82 Å². The van der Waals surface area contributed by atoms with Crippen LogP contribution in [-0.2, 0) is 6.18 Å². The number of likely N-dealkylation sites (tertiary alicyclic amines) is 1. The number of pyridine rings is 1. The van der Waals surface area contributed by atoms with E-state index in [0.717, 1.165) is 18.3 Å². The molecule has 11 heteroatoms. The fourth-order valence-electron chi connectivity index (χ4n) is 3.65. The number of halogens is 4. The second-order valence-electron chi connectivity index (χ2n) is 7.62. The predicted octanol–water partition coefficient (Wildman–Crippen LogP) is 5.00. The van der Waals surface area contributed by atoms with Crippen LogP contribution in [0.15, 0.2) is 46.0 Å². The Labute approximate surface area is 186 Å². The third kappa shape index (κ3) is 4.76. The van der Waals surface area contributed by atoms with Gasteiger partial charge in [0.05, 0.1) is 22.7 Å². The van der Waals surface area contributed by atoms with Crippen molar-refractivity contribution in [3.63, 3.8) is 0 Å². The first-order valence-corrected chi connectivity index (χ1v) is 10.2. The highest BCUT2D eigenvalue weighted by Crippen LogP contribution is 2.30. The van der Waals surface area contributed by atoms with Crippen LogP contribution in [0.1, 0.15) is 41.5 Å². The number of alkyl halides is 3. The standard InChI is InChI=1S/C22H19F4N5O2/c1-12-18(29-19-8-5-14(11-27-19)22(24,25)26)4-3-9-31(12)21(32)16-7-6-15(23)10-17(16)20-28-13(2)30-33-20/h5-8,10-12H,3-4,9H2,1-2H3/t12-/m0/s1. The Bertz CT molecular complexity index is 1200. The number of piperidine rings is 1. The molecule has 3 heterocycles. The van der Waals surface area contributed by atoms with Crippen molar-refractivity contribution < 1.29 is 26.9 Å². The molecule has 1 saturated heterocycles. The highest BCUT2D eigenvalue weighted by molar-refractivity contribution is 6.03. The first-order valence-electron chi connectivity index (χ1n) is 10.2. The fourth-order valence-corrected chi connectivity index (χ4v) is 3.65. The molecule has 0 radical (unpaired) electrons. The molecule has 1 aromatic carbocycles. The zero-order valence-corrected chi connectivity index (χ0v) is 17.7. The zero-order chi connectivity index (χ0) is 23.8. The SMILES string of the molecule is Cc1noc(-c2cc(F)ccc2C(=O)N2CCCC(=Nc3ccc(C(F)(F)F)cn3)[C@@H]2C)n1. The summed E-state index contributed by atoms with van der Waals surface area (Å²) < 4.78 is 57.3. The van der Waals surface area contributed by atoms with E-state index in [1.165, 1.54) is 18.2 Å². The van der Waals surface area contributed by atoms with E-state index in [4.69, 9.17) is 4.52 Å². The van der Waals surface area contributed by atoms with E-state index in [1.54, 1.807) is 18.7 Å². The molecule has 0 unspecified atom stereocenters. The van der Waals surface area contributed by atoms with Crippen molar-refractivity contribution in [3.05, 3.63) is 59.3 Å². The van der Waals surface area contributed by atoms with Gasteiger partial charge in [-0.2, -0.15) is 18.2 Å². The molecular formula is C22H19F4N5O2. The highest BCUT2D eigenvalue weighted by Gasteiger charge is 2.32. The molecule has 0 bridgehead atoms. The summed E-state index contributed by atoms with van der Waals surface area (Å²) in [5.41, 5.74) is 0.126. The molecule has 1 amide bonds. The normalized spacial score (nSPS) is 18.1. The maximum absolute atomic E-state index is 13.9. The summed E-state index contributed by atoms with van der Waals surface area (Å²) in [4.78, 5) is 27.2. The van der Waals surface area contributed by atoms with Gasteiger partial charge in [-0.1, -0.05) is 5.16 Å². The van der Waals surface area contributed by atoms with Crippen molar-refractivity contribution in [1.29, 1.82) is 0 Å². The van der Waals surface area contributed by atoms with E-state index in [1.807, 2.05) is 0 Å². The van der Waals surface area contributed by atoms with Crippen molar-refractivity contribution in [2.75, 3.05) is 6.54 Å². The summed E-state index contributed by atoms with van der Waals surface area (Å²) in [5, 5.41) is 3.70. The number of nitrogens with zero attached hydrogens (tertiary/aromatic N) is 5. The van der Waals surface area contributed by atoms with Crippen LogP contribution in [0, 0.1) is 12.7 Å². The van der Waals surface area contributed by atoms with E-state index >= 15 is 0 Å². The summed E-state index contributed by atoms with van der Waals surface area (Å²) >= 11 is 0. The average molecular weight is 461 g/mol. The third-order valence-electron chi connectivity index (χ3n) is 5.35. The number of benzene rings is 1. The Kier molecular flexibility index (Phi) is 5.96. The predicted molar refractivity (Wildman–Crippen MR) is 110 cm³/mol. The number of rotatable bonds is 3. The Balaban J connectivity index is 1.62. The minimum atomic E-state index is -4.48. The van der Waals surface area contributed by atoms with Crippen LogP contribution in [0.2, 0.25) is 0 Å². The molecule has 0 spiro atoms. The molecule has 172 valence electrons. The summed E-state index contributed by atoms with van der Waals surface area (Å²) in [6, 6.07) is 5.37. The maximum Gasteiger partial charge on any atom is 0.417 e. The zero-order valence-electron chi connectivity index (χ0n) is 17.7. The molecule has 0 saturated carbocycles. The second kappa shape index (κ2) is 8.72. The number of hydrogen-bond acceptors (Lipinski definition) is 6. The van der Waals surface area contributed by atoms with E-state index in [-0.39, 0.29) is 28.7 Å². The number of amides is 1. The van der Waals surface area contributed by atoms with Crippen molar-refractivity contribution in [3.8, 4) is 11.5 Å². The number of carbonyl (C=O) groups excluding carboxylic acids is 1. The number of hydrogen-bond donors (Lipinski definition) is 0. The molecule has 1 fully saturated rings. The van der Waals surface area contributed by atoms with Gasteiger partial charge in [0.25, 0.3) is 11.8 Å². The van der Waals surface area contributed by atoms with Gasteiger partial charge in [0.15, 0.2) is 11.6 Å². The van der Waals surface area contributed by atoms with Crippen molar-refractivity contribution in [2.24, 2.45) is 4.99 Å². The van der Waals surface area contributed by atoms with Crippen molar-refractivity contribution in [2.45, 2.75) is 38.9 Å². The van der Waals surface area contributed by atoms with E-state index < -0.39 is 23.6 Å². The summed E-state index contributed by atoms with van der Waals surface area (Å²) in [6.45, 7) is 3.82. The van der Waals surface area contributed by atoms with Crippen LogP contribution in [0.5, 0.6) is 0 Å². The van der Waals surface area contributed by atoms with Gasteiger partial charge in [-0.25, -0.2) is 14.4 Å². The summed E-state index contributed by atoms with van der Waals surface area (Å²) in [6.07, 6.45) is -2.59. The van der Waals surface area contributed by atoms with E-state index in [0.29, 0.717) is 30.9 Å². The third-order valence-corrected chi connectivity index (χ3v) is 5.35. The van der Waals surface area contributed by atoms with Crippen LogP contribution >= 0.6 is 0 Å². The first-order chi connectivity index (χ1) is 15.6. The topological polar surface area (TPSA) is 84.5 Å². The van der Waals surface area contributed by atoms with Gasteiger partial charge in [0, 0.05) is 18.5 Å². The maximum atomic E-state index is 13.9. The van der Waals surface area contributed by atoms with Gasteiger partial charge in [-0.3, -0.25) is 4.79 Å². The number of aliphatic imine (C=N–C) groups is 1. The molecule has 0 N–H and O–H groups in total. The Morgan fingerprint density at radius 3 is 2.67 bits per heavy atom. The van der Waals surface area contributed by atoms with Gasteiger partial charge in [0.2, 0.25) is 0 Å². The van der Waals surface area contributed by atoms with E-state index in [2.05, 4.69) is 20.1 Å². The lowest BCUT2D eigenvalue weighted by molar-refractivity contribution is -0.137. The quantitative estimate of drug-likeness (QED) is 0.513. The van der Waals surface area contributed by atoms with E-state index in [9.17, 15) is 22.4 Å². The van der Waals surface area contributed by atoms with Crippen LogP contribution in [0.3, 0.4) is 0 Å². The smallest absolute Gasteiger partial charge is 0.334 e. The van der Waals surface area contributed by atoms with Crippen molar-refractivity contribution in [1.82, 2.24) is 20.0 Å². The Hall–Kier alpha value is -3.63. The summed E-state index contributed by atoms with van der Waals surface area (Å²) in [7, 11) is 0. The summed E-state index contributed by atoms with van der Waals surface area (Å²) in [5.74, 6) is -0.427. The first kappa shape index (κ1) is 22.6. The van der Waals surface area contributed by atoms with Crippen LogP contribution in [-0.4, -0.2) is 44.2 Å². The molecule has 1 atom stereocenters. The lowest BCUT2D eigenvalue weighted by Crippen LogP contribution is -2.47. The molecule has 7 nitrogen and oxygen atoms in total. The molecule has 0 aliphatic carbocycles.